The van der Waals surface area contributed by atoms with Gasteiger partial charge in [-0.15, -0.1) is 0 Å². The van der Waals surface area contributed by atoms with Gasteiger partial charge in [0.15, 0.2) is 0 Å². The van der Waals surface area contributed by atoms with Gasteiger partial charge in [0.2, 0.25) is 0 Å². The maximum absolute atomic E-state index is 11.3. The number of hydrogen-bond donors (Lipinski definition) is 0. The highest BCUT2D eigenvalue weighted by molar-refractivity contribution is 6.01. The van der Waals surface area contributed by atoms with Gasteiger partial charge in [0, 0.05) is 0 Å². The third kappa shape index (κ3) is 2.45. The molecule has 1 heterocycles. The van der Waals surface area contributed by atoms with Crippen molar-refractivity contribution in [2.45, 2.75) is 26.4 Å². The van der Waals surface area contributed by atoms with Crippen molar-refractivity contribution < 1.29 is 23.9 Å². The standard InChI is InChI=1S/C8H11NO5/c1-8(2,3)14-7(12)9-4-5(10)13-6(9)11/h4H2,1-3H3. The number of ether oxygens (including phenoxy) is 2. The van der Waals surface area contributed by atoms with Crippen molar-refractivity contribution >= 4 is 18.2 Å². The number of hydrogen-bond acceptors (Lipinski definition) is 5. The summed E-state index contributed by atoms with van der Waals surface area (Å²) < 4.78 is 9.03. The first-order chi connectivity index (χ1) is 6.29. The van der Waals surface area contributed by atoms with E-state index in [1.165, 1.54) is 0 Å². The second-order valence-electron chi connectivity index (χ2n) is 3.81. The van der Waals surface area contributed by atoms with Gasteiger partial charge in [0.1, 0.15) is 12.1 Å². The smallest absolute Gasteiger partial charge is 0.427 e. The second kappa shape index (κ2) is 3.28. The van der Waals surface area contributed by atoms with E-state index in [2.05, 4.69) is 4.74 Å². The second-order valence-corrected chi connectivity index (χ2v) is 3.81. The van der Waals surface area contributed by atoms with E-state index in [0.29, 0.717) is 4.90 Å². The Labute approximate surface area is 80.8 Å². The van der Waals surface area contributed by atoms with E-state index in [1.807, 2.05) is 0 Å². The van der Waals surface area contributed by atoms with Gasteiger partial charge in [0.05, 0.1) is 0 Å². The topological polar surface area (TPSA) is 72.9 Å². The first kappa shape index (κ1) is 10.5. The largest absolute Gasteiger partial charge is 0.443 e. The SMILES string of the molecule is CC(C)(C)OC(=O)N1CC(=O)OC1=O. The molecular weight excluding hydrogens is 190 g/mol. The quantitative estimate of drug-likeness (QED) is 0.430. The third-order valence-corrected chi connectivity index (χ3v) is 1.32. The molecule has 0 aromatic rings. The highest BCUT2D eigenvalue weighted by Gasteiger charge is 2.37. The summed E-state index contributed by atoms with van der Waals surface area (Å²) in [6, 6.07) is 0. The molecule has 0 radical (unpaired) electrons. The molecule has 1 fully saturated rings. The fraction of sp³-hybridized carbons (Fsp3) is 0.625. The Morgan fingerprint density at radius 3 is 2.36 bits per heavy atom. The van der Waals surface area contributed by atoms with Gasteiger partial charge in [-0.05, 0) is 20.8 Å². The lowest BCUT2D eigenvalue weighted by molar-refractivity contribution is -0.132. The lowest BCUT2D eigenvalue weighted by Gasteiger charge is -2.21. The van der Waals surface area contributed by atoms with Crippen LogP contribution in [0.5, 0.6) is 0 Å². The van der Waals surface area contributed by atoms with Crippen molar-refractivity contribution in [1.29, 1.82) is 0 Å². The maximum Gasteiger partial charge on any atom is 0.427 e. The molecule has 0 N–H and O–H groups in total. The molecule has 1 saturated heterocycles. The summed E-state index contributed by atoms with van der Waals surface area (Å²) in [7, 11) is 0. The lowest BCUT2D eigenvalue weighted by Crippen LogP contribution is -2.37. The first-order valence-electron chi connectivity index (χ1n) is 4.05. The number of rotatable bonds is 0. The maximum atomic E-state index is 11.3. The van der Waals surface area contributed by atoms with Crippen molar-refractivity contribution in [3.05, 3.63) is 0 Å². The van der Waals surface area contributed by atoms with E-state index in [-0.39, 0.29) is 6.54 Å². The Morgan fingerprint density at radius 2 is 2.00 bits per heavy atom. The number of carbonyl (C=O) groups is 3. The fourth-order valence-corrected chi connectivity index (χ4v) is 0.835. The minimum Gasteiger partial charge on any atom is -0.443 e. The molecule has 1 aliphatic rings. The number of carbonyl (C=O) groups excluding carboxylic acids is 3. The molecule has 0 unspecified atom stereocenters. The van der Waals surface area contributed by atoms with E-state index < -0.39 is 23.8 Å². The predicted octanol–water partition coefficient (Wildman–Crippen LogP) is 0.900. The molecule has 1 aliphatic heterocycles. The minimum atomic E-state index is -0.982. The molecular formula is C8H11NO5. The van der Waals surface area contributed by atoms with Crippen LogP contribution in [0.1, 0.15) is 20.8 Å². The summed E-state index contributed by atoms with van der Waals surface area (Å²) >= 11 is 0. The van der Waals surface area contributed by atoms with Gasteiger partial charge in [-0.2, -0.15) is 0 Å². The zero-order valence-electron chi connectivity index (χ0n) is 8.20. The monoisotopic (exact) mass is 201 g/mol. The molecule has 14 heavy (non-hydrogen) atoms. The number of imide groups is 1. The van der Waals surface area contributed by atoms with E-state index in [9.17, 15) is 14.4 Å². The predicted molar refractivity (Wildman–Crippen MR) is 44.4 cm³/mol. The van der Waals surface area contributed by atoms with Crippen LogP contribution in [0.25, 0.3) is 0 Å². The Bertz CT molecular complexity index is 291. The summed E-state index contributed by atoms with van der Waals surface area (Å²) in [4.78, 5) is 33.4. The van der Waals surface area contributed by atoms with Gasteiger partial charge in [-0.3, -0.25) is 0 Å². The molecule has 0 aliphatic carbocycles. The molecule has 6 nitrogen and oxygen atoms in total. The molecule has 0 aromatic carbocycles. The number of cyclic esters (lactones) is 2. The fourth-order valence-electron chi connectivity index (χ4n) is 0.835. The Morgan fingerprint density at radius 1 is 1.43 bits per heavy atom. The average Bonchev–Trinajstić information content (AvgIpc) is 2.26. The number of esters is 1. The van der Waals surface area contributed by atoms with Crippen molar-refractivity contribution in [1.82, 2.24) is 4.90 Å². The first-order valence-corrected chi connectivity index (χ1v) is 4.05. The minimum absolute atomic E-state index is 0.381. The normalized spacial score (nSPS) is 16.9. The van der Waals surface area contributed by atoms with Gasteiger partial charge in [0.25, 0.3) is 0 Å². The van der Waals surface area contributed by atoms with Crippen molar-refractivity contribution in [2.24, 2.45) is 0 Å². The van der Waals surface area contributed by atoms with Gasteiger partial charge in [-0.25, -0.2) is 19.3 Å². The zero-order valence-corrected chi connectivity index (χ0v) is 8.20. The highest BCUT2D eigenvalue weighted by Crippen LogP contribution is 2.13. The van der Waals surface area contributed by atoms with Crippen LogP contribution in [0.3, 0.4) is 0 Å². The molecule has 0 bridgehead atoms. The molecule has 1 rings (SSSR count). The Kier molecular flexibility index (Phi) is 2.46. The summed E-state index contributed by atoms with van der Waals surface area (Å²) in [6.07, 6.45) is -1.85. The molecule has 2 amide bonds. The van der Waals surface area contributed by atoms with Crippen LogP contribution in [0.4, 0.5) is 9.59 Å². The Hall–Kier alpha value is -1.59. The molecule has 0 saturated carbocycles. The van der Waals surface area contributed by atoms with Crippen LogP contribution >= 0.6 is 0 Å². The van der Waals surface area contributed by atoms with Crippen molar-refractivity contribution in [3.8, 4) is 0 Å². The highest BCUT2D eigenvalue weighted by atomic mass is 16.6. The molecule has 0 aromatic heterocycles. The summed E-state index contributed by atoms with van der Waals surface area (Å²) in [5.74, 6) is -0.749. The van der Waals surface area contributed by atoms with Crippen molar-refractivity contribution in [3.63, 3.8) is 0 Å². The molecule has 0 atom stereocenters. The lowest BCUT2D eigenvalue weighted by atomic mass is 10.2. The third-order valence-electron chi connectivity index (χ3n) is 1.32. The molecule has 0 spiro atoms. The number of nitrogens with zero attached hydrogens (tertiary/aromatic N) is 1. The van der Waals surface area contributed by atoms with Crippen LogP contribution in [0.2, 0.25) is 0 Å². The van der Waals surface area contributed by atoms with Crippen LogP contribution in [0.15, 0.2) is 0 Å². The number of amides is 2. The van der Waals surface area contributed by atoms with E-state index >= 15 is 0 Å². The van der Waals surface area contributed by atoms with E-state index in [1.54, 1.807) is 20.8 Å². The zero-order chi connectivity index (χ0) is 10.9. The molecule has 78 valence electrons. The van der Waals surface area contributed by atoms with Gasteiger partial charge >= 0.3 is 18.2 Å². The van der Waals surface area contributed by atoms with Crippen LogP contribution in [-0.2, 0) is 14.3 Å². The average molecular weight is 201 g/mol. The van der Waals surface area contributed by atoms with Crippen molar-refractivity contribution in [2.75, 3.05) is 6.54 Å². The van der Waals surface area contributed by atoms with Gasteiger partial charge < -0.3 is 9.47 Å². The van der Waals surface area contributed by atoms with Crippen LogP contribution < -0.4 is 0 Å². The summed E-state index contributed by atoms with van der Waals surface area (Å²) in [5, 5.41) is 0. The van der Waals surface area contributed by atoms with Crippen LogP contribution in [0, 0.1) is 0 Å². The molecule has 6 heteroatoms. The Balaban J connectivity index is 2.62. The summed E-state index contributed by atoms with van der Waals surface area (Å²) in [5.41, 5.74) is -0.705. The van der Waals surface area contributed by atoms with E-state index in [0.717, 1.165) is 0 Å². The van der Waals surface area contributed by atoms with E-state index in [4.69, 9.17) is 4.74 Å². The summed E-state index contributed by atoms with van der Waals surface area (Å²) in [6.45, 7) is 4.60. The van der Waals surface area contributed by atoms with Gasteiger partial charge in [-0.1, -0.05) is 0 Å². The van der Waals surface area contributed by atoms with Crippen LogP contribution in [-0.4, -0.2) is 35.2 Å².